The lowest BCUT2D eigenvalue weighted by Crippen LogP contribution is -2.17. The molecule has 0 heterocycles. The second-order valence-corrected chi connectivity index (χ2v) is 4.51. The van der Waals surface area contributed by atoms with Gasteiger partial charge in [-0.25, -0.2) is 0 Å². The van der Waals surface area contributed by atoms with E-state index in [1.54, 1.807) is 6.07 Å². The summed E-state index contributed by atoms with van der Waals surface area (Å²) >= 11 is 0. The first kappa shape index (κ1) is 10.8. The van der Waals surface area contributed by atoms with Crippen molar-refractivity contribution in [3.05, 3.63) is 29.8 Å². The third-order valence-electron chi connectivity index (χ3n) is 1.71. The molecule has 76 valence electrons. The zero-order valence-corrected chi connectivity index (χ0v) is 8.91. The molecule has 0 aromatic heterocycles. The van der Waals surface area contributed by atoms with Gasteiger partial charge in [0.05, 0.1) is 12.2 Å². The number of ether oxygens (including phenoxy) is 1. The van der Waals surface area contributed by atoms with Gasteiger partial charge >= 0.3 is 0 Å². The number of hydrogen-bond acceptors (Lipinski definition) is 2. The molecule has 0 atom stereocenters. The van der Waals surface area contributed by atoms with Crippen molar-refractivity contribution in [2.24, 2.45) is 5.41 Å². The Hall–Kier alpha value is -1.31. The van der Waals surface area contributed by atoms with E-state index < -0.39 is 0 Å². The van der Waals surface area contributed by atoms with E-state index in [4.69, 9.17) is 4.74 Å². The Bertz CT molecular complexity index is 310. The number of carbonyl (C=O) groups excluding carboxylic acids is 1. The summed E-state index contributed by atoms with van der Waals surface area (Å²) in [5, 5.41) is 0. The Morgan fingerprint density at radius 2 is 1.93 bits per heavy atom. The second-order valence-electron chi connectivity index (χ2n) is 4.51. The molecule has 0 aliphatic rings. The molecule has 0 aliphatic heterocycles. The predicted octanol–water partition coefficient (Wildman–Crippen LogP) is 2.92. The zero-order chi connectivity index (χ0) is 10.6. The maximum Gasteiger partial charge on any atom is 0.153 e. The molecule has 2 heteroatoms. The lowest BCUT2D eigenvalue weighted by atomic mass is 9.99. The average Bonchev–Trinajstić information content (AvgIpc) is 2.14. The van der Waals surface area contributed by atoms with Gasteiger partial charge in [-0.2, -0.15) is 0 Å². The predicted molar refractivity (Wildman–Crippen MR) is 56.8 cm³/mol. The normalized spacial score (nSPS) is 11.1. The fraction of sp³-hybridized carbons (Fsp3) is 0.417. The van der Waals surface area contributed by atoms with E-state index in [1.165, 1.54) is 0 Å². The van der Waals surface area contributed by atoms with Crippen LogP contribution in [0.2, 0.25) is 0 Å². The van der Waals surface area contributed by atoms with Crippen molar-refractivity contribution < 1.29 is 9.53 Å². The van der Waals surface area contributed by atoms with Gasteiger partial charge in [-0.05, 0) is 17.5 Å². The summed E-state index contributed by atoms with van der Waals surface area (Å²) < 4.78 is 5.56. The molecule has 0 amide bonds. The molecule has 0 radical (unpaired) electrons. The van der Waals surface area contributed by atoms with Gasteiger partial charge in [0.15, 0.2) is 6.29 Å². The maximum atomic E-state index is 10.7. The topological polar surface area (TPSA) is 26.3 Å². The Balaban J connectivity index is 2.71. The Morgan fingerprint density at radius 1 is 1.29 bits per heavy atom. The minimum atomic E-state index is 0.107. The molecule has 0 saturated carbocycles. The van der Waals surface area contributed by atoms with Crippen molar-refractivity contribution in [3.63, 3.8) is 0 Å². The Kier molecular flexibility index (Phi) is 3.28. The van der Waals surface area contributed by atoms with Gasteiger partial charge in [0.25, 0.3) is 0 Å². The van der Waals surface area contributed by atoms with Gasteiger partial charge in [0.1, 0.15) is 5.75 Å². The first-order valence-electron chi connectivity index (χ1n) is 4.70. The Morgan fingerprint density at radius 3 is 2.50 bits per heavy atom. The van der Waals surface area contributed by atoms with Crippen LogP contribution in [0.5, 0.6) is 5.75 Å². The molecule has 14 heavy (non-hydrogen) atoms. The smallest absolute Gasteiger partial charge is 0.153 e. The minimum Gasteiger partial charge on any atom is -0.492 e. The molecular formula is C12H16O2. The van der Waals surface area contributed by atoms with Crippen LogP contribution in [0.15, 0.2) is 24.3 Å². The van der Waals surface area contributed by atoms with E-state index in [2.05, 4.69) is 20.8 Å². The van der Waals surface area contributed by atoms with Crippen LogP contribution < -0.4 is 4.74 Å². The van der Waals surface area contributed by atoms with Gasteiger partial charge in [0, 0.05) is 0 Å². The highest BCUT2D eigenvalue weighted by atomic mass is 16.5. The number of rotatable bonds is 3. The van der Waals surface area contributed by atoms with Gasteiger partial charge in [0.2, 0.25) is 0 Å². The van der Waals surface area contributed by atoms with Crippen molar-refractivity contribution in [2.75, 3.05) is 6.61 Å². The molecule has 0 bridgehead atoms. The first-order chi connectivity index (χ1) is 6.53. The van der Waals surface area contributed by atoms with Crippen LogP contribution in [0.1, 0.15) is 31.1 Å². The molecule has 1 aromatic carbocycles. The van der Waals surface area contributed by atoms with Gasteiger partial charge in [-0.3, -0.25) is 4.79 Å². The van der Waals surface area contributed by atoms with Gasteiger partial charge in [-0.1, -0.05) is 32.9 Å². The van der Waals surface area contributed by atoms with Crippen LogP contribution in [-0.2, 0) is 0 Å². The van der Waals surface area contributed by atoms with E-state index in [1.807, 2.05) is 18.2 Å². The number of hydrogen-bond donors (Lipinski definition) is 0. The molecule has 0 aliphatic carbocycles. The number of benzene rings is 1. The third-order valence-corrected chi connectivity index (χ3v) is 1.71. The average molecular weight is 192 g/mol. The number of aldehydes is 1. The Labute approximate surface area is 84.9 Å². The van der Waals surface area contributed by atoms with E-state index in [0.29, 0.717) is 17.9 Å². The highest BCUT2D eigenvalue weighted by Crippen LogP contribution is 2.20. The molecule has 2 nitrogen and oxygen atoms in total. The molecule has 1 rings (SSSR count). The molecule has 0 fully saturated rings. The molecule has 0 unspecified atom stereocenters. The first-order valence-corrected chi connectivity index (χ1v) is 4.70. The van der Waals surface area contributed by atoms with Crippen molar-refractivity contribution in [1.29, 1.82) is 0 Å². The fourth-order valence-corrected chi connectivity index (χ4v) is 1.00. The summed E-state index contributed by atoms with van der Waals surface area (Å²) in [5.41, 5.74) is 0.715. The molecule has 1 aromatic rings. The van der Waals surface area contributed by atoms with Crippen LogP contribution >= 0.6 is 0 Å². The van der Waals surface area contributed by atoms with E-state index in [-0.39, 0.29) is 5.41 Å². The fourth-order valence-electron chi connectivity index (χ4n) is 1.00. The number of para-hydroxylation sites is 1. The van der Waals surface area contributed by atoms with Crippen molar-refractivity contribution in [1.82, 2.24) is 0 Å². The maximum absolute atomic E-state index is 10.7. The largest absolute Gasteiger partial charge is 0.492 e. The van der Waals surface area contributed by atoms with Crippen molar-refractivity contribution >= 4 is 6.29 Å². The second kappa shape index (κ2) is 4.27. The van der Waals surface area contributed by atoms with Crippen LogP contribution in [0.3, 0.4) is 0 Å². The highest BCUT2D eigenvalue weighted by molar-refractivity contribution is 5.79. The highest BCUT2D eigenvalue weighted by Gasteiger charge is 2.12. The van der Waals surface area contributed by atoms with Crippen LogP contribution in [-0.4, -0.2) is 12.9 Å². The molecule has 0 spiro atoms. The molecule has 0 saturated heterocycles. The summed E-state index contributed by atoms with van der Waals surface area (Å²) in [6.07, 6.45) is 0.817. The van der Waals surface area contributed by atoms with Gasteiger partial charge < -0.3 is 4.74 Å². The zero-order valence-electron chi connectivity index (χ0n) is 8.91. The van der Waals surface area contributed by atoms with Crippen molar-refractivity contribution in [2.45, 2.75) is 20.8 Å². The summed E-state index contributed by atoms with van der Waals surface area (Å²) in [6.45, 7) is 6.89. The SMILES string of the molecule is CC(C)(C)COc1ccccc1C=O. The summed E-state index contributed by atoms with van der Waals surface area (Å²) in [7, 11) is 0. The summed E-state index contributed by atoms with van der Waals surface area (Å²) in [5.74, 6) is 0.664. The molecule has 0 N–H and O–H groups in total. The van der Waals surface area contributed by atoms with Crippen LogP contribution in [0.25, 0.3) is 0 Å². The quantitative estimate of drug-likeness (QED) is 0.688. The van der Waals surface area contributed by atoms with E-state index in [0.717, 1.165) is 6.29 Å². The van der Waals surface area contributed by atoms with E-state index in [9.17, 15) is 4.79 Å². The monoisotopic (exact) mass is 192 g/mol. The standard InChI is InChI=1S/C12H16O2/c1-12(2,3)9-14-11-7-5-4-6-10(11)8-13/h4-8H,9H2,1-3H3. The third kappa shape index (κ3) is 3.21. The van der Waals surface area contributed by atoms with Crippen LogP contribution in [0, 0.1) is 5.41 Å². The van der Waals surface area contributed by atoms with Crippen LogP contribution in [0.4, 0.5) is 0 Å². The lowest BCUT2D eigenvalue weighted by Gasteiger charge is -2.19. The van der Waals surface area contributed by atoms with Gasteiger partial charge in [-0.15, -0.1) is 0 Å². The number of carbonyl (C=O) groups is 1. The summed E-state index contributed by atoms with van der Waals surface area (Å²) in [4.78, 5) is 10.7. The van der Waals surface area contributed by atoms with Crippen molar-refractivity contribution in [3.8, 4) is 5.75 Å². The summed E-state index contributed by atoms with van der Waals surface area (Å²) in [6, 6.07) is 7.26. The molecular weight excluding hydrogens is 176 g/mol. The lowest BCUT2D eigenvalue weighted by molar-refractivity contribution is 0.111. The minimum absolute atomic E-state index is 0.107. The van der Waals surface area contributed by atoms with E-state index >= 15 is 0 Å².